The lowest BCUT2D eigenvalue weighted by Gasteiger charge is -2.11. The highest BCUT2D eigenvalue weighted by atomic mass is 79.9. The molecule has 1 atom stereocenters. The molecule has 3 nitrogen and oxygen atoms in total. The van der Waals surface area contributed by atoms with Gasteiger partial charge in [0.05, 0.1) is 28.1 Å². The van der Waals surface area contributed by atoms with Crippen LogP contribution in [0.25, 0.3) is 0 Å². The highest BCUT2D eigenvalue weighted by Crippen LogP contribution is 2.34. The monoisotopic (exact) mass is 365 g/mol. The number of rotatable bonds is 3. The van der Waals surface area contributed by atoms with Crippen LogP contribution in [-0.4, -0.2) is 10.8 Å². The number of ether oxygens (including phenoxy) is 1. The van der Waals surface area contributed by atoms with Gasteiger partial charge in [-0.1, -0.05) is 22.0 Å². The van der Waals surface area contributed by atoms with Gasteiger partial charge in [0.25, 0.3) is 0 Å². The van der Waals surface area contributed by atoms with Gasteiger partial charge in [-0.2, -0.15) is 0 Å². The molecule has 0 radical (unpaired) electrons. The second kappa shape index (κ2) is 5.81. The van der Waals surface area contributed by atoms with Crippen LogP contribution in [-0.2, 0) is 23.0 Å². The molecule has 0 spiro atoms. The van der Waals surface area contributed by atoms with E-state index < -0.39 is 10.8 Å². The first-order valence-corrected chi connectivity index (χ1v) is 8.84. The minimum absolute atomic E-state index is 0.412. The predicted molar refractivity (Wildman–Crippen MR) is 89.0 cm³/mol. The van der Waals surface area contributed by atoms with Gasteiger partial charge in [0.1, 0.15) is 5.75 Å². The van der Waals surface area contributed by atoms with Crippen molar-refractivity contribution in [3.63, 3.8) is 0 Å². The summed E-state index contributed by atoms with van der Waals surface area (Å²) in [6.07, 6.45) is 0.904. The lowest BCUT2D eigenvalue weighted by Crippen LogP contribution is -2.03. The van der Waals surface area contributed by atoms with Crippen LogP contribution in [0.5, 0.6) is 5.75 Å². The van der Waals surface area contributed by atoms with Gasteiger partial charge in [0.2, 0.25) is 0 Å². The smallest absolute Gasteiger partial charge is 0.126 e. The molecule has 0 saturated carbocycles. The molecule has 5 heteroatoms. The number of nitrogen functional groups attached to an aromatic ring is 1. The van der Waals surface area contributed by atoms with E-state index in [0.717, 1.165) is 27.8 Å². The van der Waals surface area contributed by atoms with E-state index in [9.17, 15) is 4.21 Å². The van der Waals surface area contributed by atoms with E-state index in [4.69, 9.17) is 10.5 Å². The fraction of sp³-hybridized carbons (Fsp3) is 0.250. The molecule has 0 fully saturated rings. The molecule has 0 aliphatic carbocycles. The number of aryl methyl sites for hydroxylation is 1. The van der Waals surface area contributed by atoms with Crippen molar-refractivity contribution in [2.24, 2.45) is 0 Å². The van der Waals surface area contributed by atoms with Crippen LogP contribution in [0.15, 0.2) is 39.7 Å². The van der Waals surface area contributed by atoms with E-state index in [1.165, 1.54) is 5.56 Å². The van der Waals surface area contributed by atoms with Crippen LogP contribution < -0.4 is 10.5 Å². The normalized spacial score (nSPS) is 14.6. The van der Waals surface area contributed by atoms with Crippen molar-refractivity contribution in [1.29, 1.82) is 0 Å². The predicted octanol–water partition coefficient (Wildman–Crippen LogP) is 3.58. The summed E-state index contributed by atoms with van der Waals surface area (Å²) in [5.41, 5.74) is 9.73. The number of nitrogens with two attached hydrogens (primary N) is 1. The minimum atomic E-state index is -1.18. The van der Waals surface area contributed by atoms with Crippen molar-refractivity contribution in [3.05, 3.63) is 51.5 Å². The van der Waals surface area contributed by atoms with Crippen molar-refractivity contribution in [1.82, 2.24) is 0 Å². The Morgan fingerprint density at radius 3 is 2.95 bits per heavy atom. The average molecular weight is 366 g/mol. The van der Waals surface area contributed by atoms with Gasteiger partial charge in [-0.3, -0.25) is 4.21 Å². The topological polar surface area (TPSA) is 52.3 Å². The molecule has 2 aromatic rings. The lowest BCUT2D eigenvalue weighted by atomic mass is 10.1. The molecule has 1 aliphatic rings. The number of anilines is 1. The third-order valence-electron chi connectivity index (χ3n) is 3.53. The number of benzene rings is 2. The highest BCUT2D eigenvalue weighted by Gasteiger charge is 2.20. The minimum Gasteiger partial charge on any atom is -0.493 e. The SMILES string of the molecule is Cc1ccc(N)c(S(=O)Cc2cc(Br)cc3c2OCC3)c1. The summed E-state index contributed by atoms with van der Waals surface area (Å²) in [6, 6.07) is 9.68. The van der Waals surface area contributed by atoms with Crippen molar-refractivity contribution >= 4 is 32.4 Å². The number of hydrogen-bond acceptors (Lipinski definition) is 3. The molecule has 2 N–H and O–H groups in total. The molecule has 110 valence electrons. The zero-order valence-electron chi connectivity index (χ0n) is 11.7. The van der Waals surface area contributed by atoms with Crippen LogP contribution in [0, 0.1) is 6.92 Å². The van der Waals surface area contributed by atoms with E-state index in [1.54, 1.807) is 0 Å². The van der Waals surface area contributed by atoms with Crippen LogP contribution in [0.2, 0.25) is 0 Å². The second-order valence-corrected chi connectivity index (χ2v) is 7.52. The third-order valence-corrected chi connectivity index (χ3v) is 5.40. The summed E-state index contributed by atoms with van der Waals surface area (Å²) >= 11 is 3.51. The summed E-state index contributed by atoms with van der Waals surface area (Å²) in [5.74, 6) is 1.30. The van der Waals surface area contributed by atoms with Crippen molar-refractivity contribution < 1.29 is 8.95 Å². The summed E-state index contributed by atoms with van der Waals surface area (Å²) in [6.45, 7) is 2.66. The average Bonchev–Trinajstić information content (AvgIpc) is 2.89. The zero-order valence-corrected chi connectivity index (χ0v) is 14.1. The fourth-order valence-corrected chi connectivity index (χ4v) is 4.36. The van der Waals surface area contributed by atoms with Crippen LogP contribution in [0.3, 0.4) is 0 Å². The first-order chi connectivity index (χ1) is 10.0. The molecule has 1 aliphatic heterocycles. The molecule has 21 heavy (non-hydrogen) atoms. The van der Waals surface area contributed by atoms with Crippen molar-refractivity contribution in [2.75, 3.05) is 12.3 Å². The highest BCUT2D eigenvalue weighted by molar-refractivity contribution is 9.10. The van der Waals surface area contributed by atoms with Crippen molar-refractivity contribution in [2.45, 2.75) is 24.0 Å². The maximum absolute atomic E-state index is 12.7. The van der Waals surface area contributed by atoms with Crippen LogP contribution >= 0.6 is 15.9 Å². The summed E-state index contributed by atoms with van der Waals surface area (Å²) in [4.78, 5) is 0.696. The van der Waals surface area contributed by atoms with E-state index in [2.05, 4.69) is 22.0 Å². The van der Waals surface area contributed by atoms with Crippen molar-refractivity contribution in [3.8, 4) is 5.75 Å². The van der Waals surface area contributed by atoms with Gasteiger partial charge in [-0.05, 0) is 42.3 Å². The summed E-state index contributed by atoms with van der Waals surface area (Å²) in [5, 5.41) is 0. The molecule has 1 unspecified atom stereocenters. The zero-order chi connectivity index (χ0) is 15.0. The van der Waals surface area contributed by atoms with Gasteiger partial charge in [-0.15, -0.1) is 0 Å². The Kier molecular flexibility index (Phi) is 4.04. The molecule has 0 saturated heterocycles. The Labute approximate surface area is 135 Å². The molecule has 1 heterocycles. The Bertz CT molecular complexity index is 730. The Morgan fingerprint density at radius 1 is 1.33 bits per heavy atom. The number of fused-ring (bicyclic) bond motifs is 1. The van der Waals surface area contributed by atoms with Gasteiger partial charge >= 0.3 is 0 Å². The van der Waals surface area contributed by atoms with E-state index >= 15 is 0 Å². The van der Waals surface area contributed by atoms with Gasteiger partial charge in [0.15, 0.2) is 0 Å². The number of halogens is 1. The van der Waals surface area contributed by atoms with Gasteiger partial charge in [-0.25, -0.2) is 0 Å². The quantitative estimate of drug-likeness (QED) is 0.845. The van der Waals surface area contributed by atoms with E-state index in [0.29, 0.717) is 22.9 Å². The fourth-order valence-electron chi connectivity index (χ4n) is 2.51. The van der Waals surface area contributed by atoms with Crippen LogP contribution in [0.1, 0.15) is 16.7 Å². The lowest BCUT2D eigenvalue weighted by molar-refractivity contribution is 0.354. The standard InChI is InChI=1S/C16H16BrNO2S/c1-10-2-3-14(18)15(6-10)21(19)9-12-8-13(17)7-11-4-5-20-16(11)12/h2-3,6-8H,4-5,9,18H2,1H3. The summed E-state index contributed by atoms with van der Waals surface area (Å²) in [7, 11) is -1.18. The Hall–Kier alpha value is -1.33. The van der Waals surface area contributed by atoms with Crippen LogP contribution in [0.4, 0.5) is 5.69 Å². The molecule has 0 aromatic heterocycles. The van der Waals surface area contributed by atoms with Gasteiger partial charge in [0, 0.05) is 22.1 Å². The number of hydrogen-bond donors (Lipinski definition) is 1. The molecular formula is C16H16BrNO2S. The maximum Gasteiger partial charge on any atom is 0.126 e. The largest absolute Gasteiger partial charge is 0.493 e. The second-order valence-electron chi connectivity index (χ2n) is 5.18. The Balaban J connectivity index is 1.94. The molecule has 0 amide bonds. The molecular weight excluding hydrogens is 350 g/mol. The first-order valence-electron chi connectivity index (χ1n) is 6.73. The van der Waals surface area contributed by atoms with E-state index in [1.807, 2.05) is 31.2 Å². The van der Waals surface area contributed by atoms with Gasteiger partial charge < -0.3 is 10.5 Å². The third kappa shape index (κ3) is 2.99. The first kappa shape index (κ1) is 14.6. The molecule has 2 aromatic carbocycles. The molecule has 0 bridgehead atoms. The Morgan fingerprint density at radius 2 is 2.14 bits per heavy atom. The molecule has 3 rings (SSSR count). The maximum atomic E-state index is 12.7. The summed E-state index contributed by atoms with van der Waals surface area (Å²) < 4.78 is 19.3. The van der Waals surface area contributed by atoms with E-state index in [-0.39, 0.29) is 0 Å².